The number of halogens is 1. The van der Waals surface area contributed by atoms with Gasteiger partial charge in [-0.25, -0.2) is 0 Å². The Morgan fingerprint density at radius 2 is 2.36 bits per heavy atom. The lowest BCUT2D eigenvalue weighted by Gasteiger charge is -1.99. The highest BCUT2D eigenvalue weighted by Crippen LogP contribution is 2.23. The van der Waals surface area contributed by atoms with Crippen molar-refractivity contribution in [2.45, 2.75) is 6.54 Å². The lowest BCUT2D eigenvalue weighted by atomic mass is 10.4. The number of aldehydes is 1. The quantitative estimate of drug-likeness (QED) is 0.785. The second-order valence-corrected chi connectivity index (χ2v) is 4.78. The molecule has 0 aliphatic carbocycles. The van der Waals surface area contributed by atoms with E-state index in [1.165, 1.54) is 4.88 Å². The molecule has 0 bridgehead atoms. The Kier molecular flexibility index (Phi) is 2.84. The van der Waals surface area contributed by atoms with Gasteiger partial charge in [0, 0.05) is 27.3 Å². The standard InChI is InChI=1S/C10H8BrNOS/c11-9-2-4-14-10(9)6-12-3-1-8(5-12)7-13/h1-5,7H,6H2. The summed E-state index contributed by atoms with van der Waals surface area (Å²) >= 11 is 5.18. The maximum absolute atomic E-state index is 10.5. The summed E-state index contributed by atoms with van der Waals surface area (Å²) < 4.78 is 3.13. The highest BCUT2D eigenvalue weighted by Gasteiger charge is 2.02. The number of nitrogens with zero attached hydrogens (tertiary/aromatic N) is 1. The first-order valence-corrected chi connectivity index (χ1v) is 5.79. The fraction of sp³-hybridized carbons (Fsp3) is 0.100. The van der Waals surface area contributed by atoms with Crippen molar-refractivity contribution in [3.8, 4) is 0 Å². The first-order chi connectivity index (χ1) is 6.79. The van der Waals surface area contributed by atoms with Crippen LogP contribution in [0.3, 0.4) is 0 Å². The molecule has 2 rings (SSSR count). The third-order valence-electron chi connectivity index (χ3n) is 1.93. The fourth-order valence-electron chi connectivity index (χ4n) is 1.23. The number of hydrogen-bond donors (Lipinski definition) is 0. The molecule has 0 aromatic carbocycles. The van der Waals surface area contributed by atoms with E-state index in [1.54, 1.807) is 11.3 Å². The van der Waals surface area contributed by atoms with E-state index in [2.05, 4.69) is 15.9 Å². The van der Waals surface area contributed by atoms with E-state index >= 15 is 0 Å². The summed E-state index contributed by atoms with van der Waals surface area (Å²) in [6, 6.07) is 3.85. The second-order valence-electron chi connectivity index (χ2n) is 2.93. The molecule has 0 aliphatic rings. The van der Waals surface area contributed by atoms with Gasteiger partial charge in [-0.05, 0) is 33.4 Å². The molecule has 0 atom stereocenters. The molecule has 0 N–H and O–H groups in total. The van der Waals surface area contributed by atoms with Crippen molar-refractivity contribution in [1.29, 1.82) is 0 Å². The number of rotatable bonds is 3. The normalized spacial score (nSPS) is 10.4. The average Bonchev–Trinajstić information content (AvgIpc) is 2.77. The number of aromatic nitrogens is 1. The minimum absolute atomic E-state index is 0.720. The van der Waals surface area contributed by atoms with Gasteiger partial charge >= 0.3 is 0 Å². The van der Waals surface area contributed by atoms with Gasteiger partial charge in [0.05, 0.1) is 6.54 Å². The van der Waals surface area contributed by atoms with E-state index in [-0.39, 0.29) is 0 Å². The largest absolute Gasteiger partial charge is 0.348 e. The Hall–Kier alpha value is -0.870. The van der Waals surface area contributed by atoms with Gasteiger partial charge in [-0.3, -0.25) is 4.79 Å². The van der Waals surface area contributed by atoms with Crippen LogP contribution in [0.5, 0.6) is 0 Å². The van der Waals surface area contributed by atoms with Gasteiger partial charge in [-0.2, -0.15) is 0 Å². The van der Waals surface area contributed by atoms with Gasteiger partial charge in [0.15, 0.2) is 6.29 Å². The van der Waals surface area contributed by atoms with Crippen LogP contribution in [0.1, 0.15) is 15.2 Å². The Morgan fingerprint density at radius 3 is 2.93 bits per heavy atom. The minimum atomic E-state index is 0.720. The van der Waals surface area contributed by atoms with E-state index in [4.69, 9.17) is 0 Å². The maximum atomic E-state index is 10.5. The molecular weight excluding hydrogens is 262 g/mol. The molecule has 0 spiro atoms. The molecule has 0 aliphatic heterocycles. The van der Waals surface area contributed by atoms with Crippen molar-refractivity contribution in [2.75, 3.05) is 0 Å². The maximum Gasteiger partial charge on any atom is 0.151 e. The molecule has 2 aromatic rings. The van der Waals surface area contributed by atoms with Crippen molar-refractivity contribution >= 4 is 33.6 Å². The predicted molar refractivity (Wildman–Crippen MR) is 60.9 cm³/mol. The van der Waals surface area contributed by atoms with Crippen molar-refractivity contribution in [2.24, 2.45) is 0 Å². The number of carbonyl (C=O) groups excluding carboxylic acids is 1. The van der Waals surface area contributed by atoms with Crippen LogP contribution in [0.15, 0.2) is 34.4 Å². The molecular formula is C10H8BrNOS. The highest BCUT2D eigenvalue weighted by atomic mass is 79.9. The van der Waals surface area contributed by atoms with Gasteiger partial charge in [0.1, 0.15) is 0 Å². The summed E-state index contributed by atoms with van der Waals surface area (Å²) in [4.78, 5) is 11.7. The molecule has 0 radical (unpaired) electrons. The summed E-state index contributed by atoms with van der Waals surface area (Å²) in [5.74, 6) is 0. The van der Waals surface area contributed by atoms with Gasteiger partial charge in [-0.15, -0.1) is 11.3 Å². The van der Waals surface area contributed by atoms with Gasteiger partial charge in [-0.1, -0.05) is 0 Å². The highest BCUT2D eigenvalue weighted by molar-refractivity contribution is 9.10. The molecule has 0 unspecified atom stereocenters. The van der Waals surface area contributed by atoms with E-state index in [0.29, 0.717) is 0 Å². The molecule has 0 saturated carbocycles. The molecule has 0 saturated heterocycles. The van der Waals surface area contributed by atoms with Crippen LogP contribution < -0.4 is 0 Å². The number of carbonyl (C=O) groups is 1. The van der Waals surface area contributed by atoms with Crippen LogP contribution in [-0.4, -0.2) is 10.9 Å². The van der Waals surface area contributed by atoms with Gasteiger partial charge in [0.2, 0.25) is 0 Å². The first kappa shape index (κ1) is 9.68. The van der Waals surface area contributed by atoms with Crippen molar-refractivity contribution in [3.63, 3.8) is 0 Å². The fourth-order valence-corrected chi connectivity index (χ4v) is 2.72. The molecule has 2 aromatic heterocycles. The molecule has 72 valence electrons. The Morgan fingerprint density at radius 1 is 1.50 bits per heavy atom. The number of thiophene rings is 1. The first-order valence-electron chi connectivity index (χ1n) is 4.12. The minimum Gasteiger partial charge on any atom is -0.348 e. The smallest absolute Gasteiger partial charge is 0.151 e. The molecule has 0 amide bonds. The molecule has 2 nitrogen and oxygen atoms in total. The zero-order valence-electron chi connectivity index (χ0n) is 7.31. The lowest BCUT2D eigenvalue weighted by Crippen LogP contribution is -1.94. The Bertz CT molecular complexity index is 446. The summed E-state index contributed by atoms with van der Waals surface area (Å²) in [5, 5.41) is 2.05. The summed E-state index contributed by atoms with van der Waals surface area (Å²) in [6.45, 7) is 0.812. The molecule has 14 heavy (non-hydrogen) atoms. The third-order valence-corrected chi connectivity index (χ3v) is 3.84. The lowest BCUT2D eigenvalue weighted by molar-refractivity contribution is 0.112. The van der Waals surface area contributed by atoms with E-state index in [9.17, 15) is 4.79 Å². The van der Waals surface area contributed by atoms with Crippen LogP contribution >= 0.6 is 27.3 Å². The van der Waals surface area contributed by atoms with E-state index in [0.717, 1.165) is 22.9 Å². The van der Waals surface area contributed by atoms with Crippen molar-refractivity contribution in [1.82, 2.24) is 4.57 Å². The average molecular weight is 270 g/mol. The number of hydrogen-bond acceptors (Lipinski definition) is 2. The van der Waals surface area contributed by atoms with Crippen LogP contribution in [0.4, 0.5) is 0 Å². The van der Waals surface area contributed by atoms with Gasteiger partial charge in [0.25, 0.3) is 0 Å². The zero-order chi connectivity index (χ0) is 9.97. The summed E-state index contributed by atoms with van der Waals surface area (Å²) in [7, 11) is 0. The predicted octanol–water partition coefficient (Wildman–Crippen LogP) is 3.17. The topological polar surface area (TPSA) is 22.0 Å². The van der Waals surface area contributed by atoms with E-state index in [1.807, 2.05) is 34.5 Å². The zero-order valence-corrected chi connectivity index (χ0v) is 9.72. The third kappa shape index (κ3) is 1.96. The second kappa shape index (κ2) is 4.11. The van der Waals surface area contributed by atoms with Gasteiger partial charge < -0.3 is 4.57 Å². The van der Waals surface area contributed by atoms with E-state index < -0.39 is 0 Å². The molecule has 0 fully saturated rings. The Balaban J connectivity index is 2.18. The summed E-state index contributed by atoms with van der Waals surface area (Å²) in [5.41, 5.74) is 0.720. The van der Waals surface area contributed by atoms with Crippen molar-refractivity contribution < 1.29 is 4.79 Å². The molecule has 2 heterocycles. The monoisotopic (exact) mass is 269 g/mol. The Labute approximate surface area is 94.3 Å². The van der Waals surface area contributed by atoms with Crippen LogP contribution in [0, 0.1) is 0 Å². The van der Waals surface area contributed by atoms with Crippen LogP contribution in [0.2, 0.25) is 0 Å². The van der Waals surface area contributed by atoms with Crippen LogP contribution in [-0.2, 0) is 6.54 Å². The van der Waals surface area contributed by atoms with Crippen LogP contribution in [0.25, 0.3) is 0 Å². The summed E-state index contributed by atoms with van der Waals surface area (Å²) in [6.07, 6.45) is 4.62. The SMILES string of the molecule is O=Cc1ccn(Cc2sccc2Br)c1. The molecule has 4 heteroatoms. The van der Waals surface area contributed by atoms with Crippen molar-refractivity contribution in [3.05, 3.63) is 44.8 Å².